The van der Waals surface area contributed by atoms with E-state index in [1.54, 1.807) is 6.20 Å². The van der Waals surface area contributed by atoms with E-state index < -0.39 is 0 Å². The molecular formula is C22H23N5O. The molecule has 0 fully saturated rings. The molecule has 5 rings (SSSR count). The van der Waals surface area contributed by atoms with E-state index in [0.29, 0.717) is 6.54 Å². The number of benzene rings is 1. The highest BCUT2D eigenvalue weighted by atomic mass is 16.2. The quantitative estimate of drug-likeness (QED) is 0.764. The Morgan fingerprint density at radius 2 is 1.89 bits per heavy atom. The minimum atomic E-state index is 0.0266. The Bertz CT molecular complexity index is 972. The average molecular weight is 373 g/mol. The molecule has 1 aliphatic carbocycles. The van der Waals surface area contributed by atoms with Gasteiger partial charge in [0.25, 0.3) is 0 Å². The summed E-state index contributed by atoms with van der Waals surface area (Å²) in [5, 5.41) is 7.79. The van der Waals surface area contributed by atoms with Crippen molar-refractivity contribution in [3.05, 3.63) is 77.2 Å². The summed E-state index contributed by atoms with van der Waals surface area (Å²) in [5.41, 5.74) is 4.93. The number of carbonyl (C=O) groups is 1. The van der Waals surface area contributed by atoms with Crippen LogP contribution < -0.4 is 5.32 Å². The first kappa shape index (κ1) is 17.1. The molecule has 0 saturated carbocycles. The lowest BCUT2D eigenvalue weighted by Gasteiger charge is -2.25. The lowest BCUT2D eigenvalue weighted by molar-refractivity contribution is -0.123. The fraction of sp³-hybridized carbons (Fsp3) is 0.318. The van der Waals surface area contributed by atoms with E-state index in [0.717, 1.165) is 49.4 Å². The largest absolute Gasteiger partial charge is 0.348 e. The lowest BCUT2D eigenvalue weighted by Crippen LogP contribution is -2.37. The summed E-state index contributed by atoms with van der Waals surface area (Å²) >= 11 is 0. The third-order valence-electron chi connectivity index (χ3n) is 5.66. The van der Waals surface area contributed by atoms with Gasteiger partial charge in [0.2, 0.25) is 5.91 Å². The smallest absolute Gasteiger partial charge is 0.234 e. The normalized spacial score (nSPS) is 18.5. The third kappa shape index (κ3) is 3.20. The SMILES string of the molecule is O=C(CN1Cc2ccccc2C1)N[C@H]1CCCc2c1cnn2-c1ccccn1. The van der Waals surface area contributed by atoms with Crippen LogP contribution in [0.1, 0.15) is 41.3 Å². The first-order chi connectivity index (χ1) is 13.8. The number of hydrogen-bond donors (Lipinski definition) is 1. The van der Waals surface area contributed by atoms with Crippen molar-refractivity contribution in [3.63, 3.8) is 0 Å². The number of fused-ring (bicyclic) bond motifs is 2. The van der Waals surface area contributed by atoms with Crippen LogP contribution in [-0.4, -0.2) is 32.1 Å². The molecule has 0 saturated heterocycles. The Labute approximate surface area is 164 Å². The van der Waals surface area contributed by atoms with Crippen molar-refractivity contribution in [3.8, 4) is 5.82 Å². The van der Waals surface area contributed by atoms with Gasteiger partial charge in [-0.25, -0.2) is 9.67 Å². The molecular weight excluding hydrogens is 350 g/mol. The van der Waals surface area contributed by atoms with Crippen molar-refractivity contribution in [2.75, 3.05) is 6.54 Å². The van der Waals surface area contributed by atoms with Gasteiger partial charge in [0.1, 0.15) is 0 Å². The lowest BCUT2D eigenvalue weighted by atomic mass is 9.93. The van der Waals surface area contributed by atoms with Gasteiger partial charge in [-0.2, -0.15) is 5.10 Å². The van der Waals surface area contributed by atoms with Gasteiger partial charge >= 0.3 is 0 Å². The molecule has 0 spiro atoms. The van der Waals surface area contributed by atoms with Crippen molar-refractivity contribution in [2.24, 2.45) is 0 Å². The van der Waals surface area contributed by atoms with Crippen molar-refractivity contribution in [1.29, 1.82) is 0 Å². The van der Waals surface area contributed by atoms with E-state index in [-0.39, 0.29) is 11.9 Å². The Balaban J connectivity index is 1.27. The fourth-order valence-electron chi connectivity index (χ4n) is 4.34. The van der Waals surface area contributed by atoms with Crippen LogP contribution in [0, 0.1) is 0 Å². The zero-order valence-corrected chi connectivity index (χ0v) is 15.7. The molecule has 1 N–H and O–H groups in total. The highest BCUT2D eigenvalue weighted by molar-refractivity contribution is 5.78. The molecule has 3 aromatic rings. The summed E-state index contributed by atoms with van der Waals surface area (Å²) in [6.45, 7) is 2.11. The van der Waals surface area contributed by atoms with E-state index >= 15 is 0 Å². The van der Waals surface area contributed by atoms with Gasteiger partial charge in [-0.1, -0.05) is 30.3 Å². The van der Waals surface area contributed by atoms with Crippen LogP contribution in [0.15, 0.2) is 54.9 Å². The summed E-state index contributed by atoms with van der Waals surface area (Å²) in [5.74, 6) is 0.904. The number of rotatable bonds is 4. The van der Waals surface area contributed by atoms with Crippen LogP contribution >= 0.6 is 0 Å². The van der Waals surface area contributed by atoms with E-state index in [4.69, 9.17) is 0 Å². The molecule has 0 bridgehead atoms. The molecule has 28 heavy (non-hydrogen) atoms. The maximum Gasteiger partial charge on any atom is 0.234 e. The number of amides is 1. The van der Waals surface area contributed by atoms with Crippen molar-refractivity contribution < 1.29 is 4.79 Å². The van der Waals surface area contributed by atoms with Crippen molar-refractivity contribution in [1.82, 2.24) is 25.0 Å². The molecule has 6 heteroatoms. The molecule has 0 unspecified atom stereocenters. The number of hydrogen-bond acceptors (Lipinski definition) is 4. The summed E-state index contributed by atoms with van der Waals surface area (Å²) in [6, 6.07) is 14.3. The minimum absolute atomic E-state index is 0.0266. The maximum absolute atomic E-state index is 12.7. The van der Waals surface area contributed by atoms with E-state index in [9.17, 15) is 4.79 Å². The predicted molar refractivity (Wildman–Crippen MR) is 106 cm³/mol. The fourth-order valence-corrected chi connectivity index (χ4v) is 4.34. The second-order valence-electron chi connectivity index (χ2n) is 7.57. The van der Waals surface area contributed by atoms with E-state index in [1.165, 1.54) is 11.1 Å². The van der Waals surface area contributed by atoms with Crippen molar-refractivity contribution >= 4 is 5.91 Å². The van der Waals surface area contributed by atoms with Crippen LogP contribution in [0.3, 0.4) is 0 Å². The summed E-state index contributed by atoms with van der Waals surface area (Å²) < 4.78 is 1.91. The molecule has 0 radical (unpaired) electrons. The molecule has 142 valence electrons. The Morgan fingerprint density at radius 3 is 2.64 bits per heavy atom. The van der Waals surface area contributed by atoms with E-state index in [2.05, 4.69) is 44.6 Å². The third-order valence-corrected chi connectivity index (χ3v) is 5.66. The van der Waals surface area contributed by atoms with Crippen LogP contribution in [0.5, 0.6) is 0 Å². The van der Waals surface area contributed by atoms with Crippen LogP contribution in [0.25, 0.3) is 5.82 Å². The second-order valence-corrected chi connectivity index (χ2v) is 7.57. The second kappa shape index (κ2) is 7.20. The highest BCUT2D eigenvalue weighted by Crippen LogP contribution is 2.31. The molecule has 1 aliphatic heterocycles. The number of pyridine rings is 1. The average Bonchev–Trinajstić information content (AvgIpc) is 3.32. The first-order valence-electron chi connectivity index (χ1n) is 9.84. The highest BCUT2D eigenvalue weighted by Gasteiger charge is 2.27. The Kier molecular flexibility index (Phi) is 4.41. The number of nitrogens with one attached hydrogen (secondary N) is 1. The van der Waals surface area contributed by atoms with Crippen LogP contribution in [-0.2, 0) is 24.3 Å². The van der Waals surface area contributed by atoms with Gasteiger partial charge < -0.3 is 5.32 Å². The van der Waals surface area contributed by atoms with Gasteiger partial charge in [-0.3, -0.25) is 9.69 Å². The van der Waals surface area contributed by atoms with Gasteiger partial charge in [0.15, 0.2) is 5.82 Å². The Hall–Kier alpha value is -2.99. The molecule has 3 heterocycles. The minimum Gasteiger partial charge on any atom is -0.348 e. The topological polar surface area (TPSA) is 63.1 Å². The number of aromatic nitrogens is 3. The van der Waals surface area contributed by atoms with Gasteiger partial charge in [-0.05, 0) is 42.5 Å². The van der Waals surface area contributed by atoms with Crippen LogP contribution in [0.2, 0.25) is 0 Å². The van der Waals surface area contributed by atoms with Gasteiger partial charge in [0, 0.05) is 24.8 Å². The molecule has 1 aromatic carbocycles. The van der Waals surface area contributed by atoms with Crippen molar-refractivity contribution in [2.45, 2.75) is 38.4 Å². The summed E-state index contributed by atoms with van der Waals surface area (Å²) in [4.78, 5) is 19.3. The summed E-state index contributed by atoms with van der Waals surface area (Å²) in [7, 11) is 0. The number of nitrogens with zero attached hydrogens (tertiary/aromatic N) is 4. The van der Waals surface area contributed by atoms with Crippen LogP contribution in [0.4, 0.5) is 0 Å². The first-order valence-corrected chi connectivity index (χ1v) is 9.84. The monoisotopic (exact) mass is 373 g/mol. The zero-order chi connectivity index (χ0) is 18.9. The number of carbonyl (C=O) groups excluding carboxylic acids is 1. The predicted octanol–water partition coefficient (Wildman–Crippen LogP) is 2.78. The maximum atomic E-state index is 12.7. The Morgan fingerprint density at radius 1 is 1.11 bits per heavy atom. The molecule has 1 atom stereocenters. The molecule has 6 nitrogen and oxygen atoms in total. The molecule has 2 aromatic heterocycles. The van der Waals surface area contributed by atoms with Gasteiger partial charge in [0.05, 0.1) is 24.5 Å². The molecule has 1 amide bonds. The summed E-state index contributed by atoms with van der Waals surface area (Å²) in [6.07, 6.45) is 6.61. The molecule has 2 aliphatic rings. The van der Waals surface area contributed by atoms with E-state index in [1.807, 2.05) is 29.1 Å². The zero-order valence-electron chi connectivity index (χ0n) is 15.7. The standard InChI is InChI=1S/C22H23N5O/c28-22(15-26-13-16-6-1-2-7-17(16)14-26)25-19-8-5-9-20-18(19)12-24-27(20)21-10-3-4-11-23-21/h1-4,6-7,10-12,19H,5,8-9,13-15H2,(H,25,28)/t19-/m0/s1. The van der Waals surface area contributed by atoms with Gasteiger partial charge in [-0.15, -0.1) is 0 Å².